The van der Waals surface area contributed by atoms with Crippen molar-refractivity contribution in [2.24, 2.45) is 0 Å². The molecule has 0 aliphatic carbocycles. The van der Waals surface area contributed by atoms with E-state index in [0.29, 0.717) is 91.3 Å². The number of carbonyl (C=O) groups excluding carboxylic acids is 8. The highest BCUT2D eigenvalue weighted by atomic mass is 35.5. The largest absolute Gasteiger partial charge is 0.481 e. The zero-order chi connectivity index (χ0) is 92.0. The summed E-state index contributed by atoms with van der Waals surface area (Å²) in [5.41, 5.74) is 5.87. The summed E-state index contributed by atoms with van der Waals surface area (Å²) < 4.78 is 129. The first kappa shape index (κ1) is 93.7. The number of alkyl halides is 9. The average molecular weight is 1820 g/mol. The van der Waals surface area contributed by atoms with E-state index in [-0.39, 0.29) is 78.8 Å². The second kappa shape index (κ2) is 38.6. The van der Waals surface area contributed by atoms with Gasteiger partial charge in [-0.05, 0) is 253 Å². The summed E-state index contributed by atoms with van der Waals surface area (Å²) in [6.07, 6.45) is -14.4. The Balaban J connectivity index is 0.000000153. The standard InChI is InChI=1S/C19H13ClF3NO3.2C19H13ClF3NO2.C19H16ClNO3.C19H16ClNO2/c1-10-2-7-15-13(8-10)14(9-16(25)26)17(19(21,22)23)24(15)18(27)11-3-5-12(20)6-4-11;2*1-11-2-7-16-15(10-11)14(8-9-25)17(19(21,22)23)24(16)18(26)12-3-5-13(20)6-4-12;1-11-3-8-17-16(9-11)15(10-18(22)23)12(2)21(17)19(24)13-4-6-14(20)7-5-13;1-12-3-8-18-17(11-12)16(9-10-22)13(2)21(18)19(23)14-4-6-15(20)7-5-14/h2-8H,9H2,1H3,(H,25,26);2*2-7,9-10H,8H2,1H3;3-9H,10H2,1-2H3,(H,22,23);3-8,10-11H,9H2,1-2H3. The van der Waals surface area contributed by atoms with Crippen LogP contribution in [0.3, 0.4) is 0 Å². The molecule has 5 heterocycles. The van der Waals surface area contributed by atoms with Crippen molar-refractivity contribution in [1.29, 1.82) is 0 Å². The minimum Gasteiger partial charge on any atom is -0.481 e. The Bertz CT molecular complexity index is 6660. The van der Waals surface area contributed by atoms with Crippen LogP contribution in [0.15, 0.2) is 212 Å². The van der Waals surface area contributed by atoms with Crippen LogP contribution in [-0.4, -0.2) is 93.4 Å². The maximum atomic E-state index is 13.9. The normalized spacial score (nSPS) is 11.4. The molecule has 0 fully saturated rings. The molecule has 15 aromatic rings. The summed E-state index contributed by atoms with van der Waals surface area (Å²) in [6.45, 7) is 12.7. The van der Waals surface area contributed by atoms with E-state index in [1.807, 2.05) is 57.2 Å². The number of nitrogens with zero attached hydrogens (tertiary/aromatic N) is 5. The molecule has 0 saturated carbocycles. The number of aldehydes is 3. The van der Waals surface area contributed by atoms with Crippen molar-refractivity contribution < 1.29 is 97.7 Å². The number of fused-ring (bicyclic) bond motifs is 5. The molecule has 0 unspecified atom stereocenters. The predicted molar refractivity (Wildman–Crippen MR) is 466 cm³/mol. The molecule has 646 valence electrons. The fourth-order valence-electron chi connectivity index (χ4n) is 14.9. The number of rotatable bonds is 15. The predicted octanol–water partition coefficient (Wildman–Crippen LogP) is 23.6. The fourth-order valence-corrected chi connectivity index (χ4v) is 15.5. The van der Waals surface area contributed by atoms with E-state index in [4.69, 9.17) is 63.1 Å². The highest BCUT2D eigenvalue weighted by Crippen LogP contribution is 2.44. The van der Waals surface area contributed by atoms with Gasteiger partial charge < -0.3 is 24.6 Å². The lowest BCUT2D eigenvalue weighted by Crippen LogP contribution is -2.22. The topological polar surface area (TPSA) is 236 Å². The minimum absolute atomic E-state index is 0.00382. The van der Waals surface area contributed by atoms with E-state index in [0.717, 1.165) is 56.1 Å². The van der Waals surface area contributed by atoms with Gasteiger partial charge in [0, 0.05) is 116 Å². The summed E-state index contributed by atoms with van der Waals surface area (Å²) in [6, 6.07) is 55.4. The number of carboxylic acids is 2. The number of carboxylic acid groups (broad SMARTS) is 2. The molecule has 10 aromatic carbocycles. The van der Waals surface area contributed by atoms with Gasteiger partial charge in [-0.25, -0.2) is 0 Å². The molecule has 31 heteroatoms. The van der Waals surface area contributed by atoms with Gasteiger partial charge >= 0.3 is 30.5 Å². The lowest BCUT2D eigenvalue weighted by Gasteiger charge is -2.13. The van der Waals surface area contributed by atoms with Gasteiger partial charge in [-0.15, -0.1) is 0 Å². The van der Waals surface area contributed by atoms with Gasteiger partial charge in [-0.2, -0.15) is 39.5 Å². The second-order valence-corrected chi connectivity index (χ2v) is 31.4. The number of hydrogen-bond donors (Lipinski definition) is 2. The van der Waals surface area contributed by atoms with Gasteiger partial charge in [0.25, 0.3) is 29.5 Å². The molecule has 0 spiro atoms. The zero-order valence-corrected chi connectivity index (χ0v) is 71.3. The van der Waals surface area contributed by atoms with Crippen molar-refractivity contribution in [3.63, 3.8) is 0 Å². The monoisotopic (exact) mass is 1820 g/mol. The lowest BCUT2D eigenvalue weighted by atomic mass is 10.1. The van der Waals surface area contributed by atoms with Gasteiger partial charge in [0.1, 0.15) is 35.9 Å². The summed E-state index contributed by atoms with van der Waals surface area (Å²) in [5.74, 6) is -5.23. The van der Waals surface area contributed by atoms with Crippen molar-refractivity contribution in [3.8, 4) is 0 Å². The van der Waals surface area contributed by atoms with Crippen molar-refractivity contribution >= 4 is 173 Å². The Morgan fingerprint density at radius 2 is 0.468 bits per heavy atom. The number of carbonyl (C=O) groups is 10. The van der Waals surface area contributed by atoms with Crippen LogP contribution in [0, 0.1) is 48.5 Å². The van der Waals surface area contributed by atoms with E-state index >= 15 is 0 Å². The highest BCUT2D eigenvalue weighted by molar-refractivity contribution is 6.32. The van der Waals surface area contributed by atoms with Gasteiger partial charge in [-0.1, -0.05) is 116 Å². The summed E-state index contributed by atoms with van der Waals surface area (Å²) in [5, 5.41) is 22.9. The molecule has 5 aromatic heterocycles. The van der Waals surface area contributed by atoms with Crippen LogP contribution in [-0.2, 0) is 74.6 Å². The molecule has 17 nitrogen and oxygen atoms in total. The molecule has 0 amide bonds. The van der Waals surface area contributed by atoms with Gasteiger partial charge in [0.2, 0.25) is 0 Å². The Kier molecular flexibility index (Phi) is 28.7. The Hall–Kier alpha value is -13.0. The Morgan fingerprint density at radius 1 is 0.278 bits per heavy atom. The van der Waals surface area contributed by atoms with Crippen molar-refractivity contribution in [3.05, 3.63) is 349 Å². The number of aromatic nitrogens is 5. The van der Waals surface area contributed by atoms with Crippen LogP contribution in [0.2, 0.25) is 25.1 Å². The summed E-state index contributed by atoms with van der Waals surface area (Å²) >= 11 is 29.1. The van der Waals surface area contributed by atoms with Gasteiger partial charge in [0.05, 0.1) is 40.4 Å². The van der Waals surface area contributed by atoms with Crippen molar-refractivity contribution in [2.75, 3.05) is 0 Å². The molecule has 15 rings (SSSR count). The van der Waals surface area contributed by atoms with E-state index < -0.39 is 90.1 Å². The lowest BCUT2D eigenvalue weighted by molar-refractivity contribution is -0.144. The van der Waals surface area contributed by atoms with Crippen LogP contribution in [0.25, 0.3) is 54.5 Å². The molecule has 0 aliphatic rings. The molecule has 126 heavy (non-hydrogen) atoms. The van der Waals surface area contributed by atoms with Gasteiger partial charge in [-0.3, -0.25) is 56.4 Å². The third-order valence-corrected chi connectivity index (χ3v) is 21.7. The molecule has 0 atom stereocenters. The summed E-state index contributed by atoms with van der Waals surface area (Å²) in [7, 11) is 0. The molecule has 0 aliphatic heterocycles. The second-order valence-electron chi connectivity index (χ2n) is 29.2. The molecular formula is C95H71Cl5F9N5O12. The van der Waals surface area contributed by atoms with Crippen LogP contribution in [0.1, 0.15) is 136 Å². The molecule has 2 N–H and O–H groups in total. The van der Waals surface area contributed by atoms with Gasteiger partial charge in [0.15, 0.2) is 0 Å². The third-order valence-electron chi connectivity index (χ3n) is 20.5. The molecule has 0 radical (unpaired) electrons. The average Bonchev–Trinajstić information content (AvgIpc) is 1.59. The Labute approximate surface area is 737 Å². The van der Waals surface area contributed by atoms with E-state index in [2.05, 4.69) is 0 Å². The van der Waals surface area contributed by atoms with Crippen LogP contribution in [0.5, 0.6) is 0 Å². The first-order valence-electron chi connectivity index (χ1n) is 38.1. The van der Waals surface area contributed by atoms with E-state index in [9.17, 15) is 92.6 Å². The third kappa shape index (κ3) is 20.3. The number of aliphatic carboxylic acids is 2. The zero-order valence-electron chi connectivity index (χ0n) is 67.5. The number of benzene rings is 10. The molecular weight excluding hydrogens is 1750 g/mol. The first-order chi connectivity index (χ1) is 59.5. The minimum atomic E-state index is -4.92. The first-order valence-corrected chi connectivity index (χ1v) is 40.0. The van der Waals surface area contributed by atoms with E-state index in [1.54, 1.807) is 116 Å². The number of hydrogen-bond acceptors (Lipinski definition) is 10. The number of halogens is 14. The SMILES string of the molecule is Cc1ccc2c(c1)c(CC(=O)O)c(C(F)(F)F)n2C(=O)c1ccc(Cl)cc1.Cc1ccc2c(c1)c(CC(=O)O)c(C)n2C(=O)c1ccc(Cl)cc1.Cc1ccc2c(c1)c(CC=O)c(C(F)(F)F)n2C(=O)c1ccc(Cl)cc1.Cc1ccc2c(c1)c(CC=O)c(C(F)(F)F)n2C(=O)c1ccc(Cl)cc1.Cc1ccc2c(c1)c(CC=O)c(C)n2C(=O)c1ccc(Cl)cc1. The molecule has 0 bridgehead atoms. The molecule has 0 saturated heterocycles. The quantitative estimate of drug-likeness (QED) is 0.0720. The highest BCUT2D eigenvalue weighted by Gasteiger charge is 2.44. The van der Waals surface area contributed by atoms with Crippen LogP contribution in [0.4, 0.5) is 39.5 Å². The van der Waals surface area contributed by atoms with Crippen molar-refractivity contribution in [1.82, 2.24) is 22.8 Å². The Morgan fingerprint density at radius 3 is 0.706 bits per heavy atom. The van der Waals surface area contributed by atoms with Crippen LogP contribution < -0.4 is 0 Å². The maximum Gasteiger partial charge on any atom is 0.432 e. The number of aryl methyl sites for hydroxylation is 5. The fraction of sp³-hybridized carbons (Fsp3) is 0.158. The van der Waals surface area contributed by atoms with E-state index in [1.165, 1.54) is 97.1 Å². The summed E-state index contributed by atoms with van der Waals surface area (Å²) in [4.78, 5) is 120. The van der Waals surface area contributed by atoms with Crippen molar-refractivity contribution in [2.45, 2.75) is 99.1 Å². The smallest absolute Gasteiger partial charge is 0.432 e. The maximum absolute atomic E-state index is 13.9. The van der Waals surface area contributed by atoms with Crippen LogP contribution >= 0.6 is 58.0 Å².